The topological polar surface area (TPSA) is 55.8 Å². The summed E-state index contributed by atoms with van der Waals surface area (Å²) >= 11 is 0. The standard InChI is InChI=1S/C18H16NO4P/c20-18-14-11-12-15(13-14)19(18)24(21,22-16-7-3-1-4-8-16)23-17-9-5-2-6-10-17/h1-12,14-15H,13H2/t14-,15+/m1/s1. The Hall–Kier alpha value is -2.52. The molecule has 1 aliphatic carbocycles. The van der Waals surface area contributed by atoms with Crippen molar-refractivity contribution in [2.24, 2.45) is 5.92 Å². The molecule has 4 rings (SSSR count). The van der Waals surface area contributed by atoms with E-state index in [9.17, 15) is 9.36 Å². The van der Waals surface area contributed by atoms with E-state index in [1.807, 2.05) is 24.3 Å². The van der Waals surface area contributed by atoms with Gasteiger partial charge in [0.1, 0.15) is 11.5 Å². The van der Waals surface area contributed by atoms with Crippen LogP contribution in [0.1, 0.15) is 6.42 Å². The van der Waals surface area contributed by atoms with Crippen LogP contribution in [0, 0.1) is 5.92 Å². The monoisotopic (exact) mass is 341 g/mol. The largest absolute Gasteiger partial charge is 0.547 e. The molecule has 24 heavy (non-hydrogen) atoms. The Bertz CT molecular complexity index is 776. The fourth-order valence-electron chi connectivity index (χ4n) is 3.02. The first-order valence-electron chi connectivity index (χ1n) is 7.77. The molecule has 122 valence electrons. The fraction of sp³-hybridized carbons (Fsp3) is 0.167. The summed E-state index contributed by atoms with van der Waals surface area (Å²) in [6.45, 7) is 0. The van der Waals surface area contributed by atoms with Gasteiger partial charge in [0.15, 0.2) is 0 Å². The lowest BCUT2D eigenvalue weighted by molar-refractivity contribution is -0.127. The molecule has 2 atom stereocenters. The molecule has 1 saturated heterocycles. The van der Waals surface area contributed by atoms with Gasteiger partial charge in [-0.15, -0.1) is 0 Å². The number of nitrogens with zero attached hydrogens (tertiary/aromatic N) is 1. The van der Waals surface area contributed by atoms with E-state index in [2.05, 4.69) is 0 Å². The smallest absolute Gasteiger partial charge is 0.400 e. The quantitative estimate of drug-likeness (QED) is 0.608. The highest BCUT2D eigenvalue weighted by Gasteiger charge is 2.53. The first-order chi connectivity index (χ1) is 11.7. The minimum absolute atomic E-state index is 0.210. The lowest BCUT2D eigenvalue weighted by atomic mass is 10.1. The van der Waals surface area contributed by atoms with E-state index in [0.29, 0.717) is 17.9 Å². The third kappa shape index (κ3) is 2.61. The summed E-state index contributed by atoms with van der Waals surface area (Å²) in [5.41, 5.74) is 0. The van der Waals surface area contributed by atoms with Crippen molar-refractivity contribution in [3.05, 3.63) is 72.8 Å². The SMILES string of the molecule is O=C1[C@@H]2C=C[C@@H](C2)N1P(=O)(Oc1ccccc1)Oc1ccccc1. The number of hydrogen-bond acceptors (Lipinski definition) is 4. The molecule has 0 unspecified atom stereocenters. The zero-order chi connectivity index (χ0) is 16.6. The molecule has 0 N–H and O–H groups in total. The fourth-order valence-corrected chi connectivity index (χ4v) is 4.93. The van der Waals surface area contributed by atoms with Crippen LogP contribution in [-0.4, -0.2) is 16.6 Å². The number of carbonyl (C=O) groups excluding carboxylic acids is 1. The molecule has 1 aliphatic heterocycles. The molecule has 2 aliphatic rings. The van der Waals surface area contributed by atoms with Gasteiger partial charge in [0.25, 0.3) is 0 Å². The van der Waals surface area contributed by atoms with Crippen LogP contribution in [0.25, 0.3) is 0 Å². The van der Waals surface area contributed by atoms with Crippen molar-refractivity contribution in [1.82, 2.24) is 4.67 Å². The molecule has 1 fully saturated rings. The van der Waals surface area contributed by atoms with Crippen LogP contribution in [-0.2, 0) is 9.36 Å². The summed E-state index contributed by atoms with van der Waals surface area (Å²) in [6.07, 6.45) is 4.37. The molecule has 2 aromatic rings. The van der Waals surface area contributed by atoms with Gasteiger partial charge in [-0.2, -0.15) is 0 Å². The summed E-state index contributed by atoms with van der Waals surface area (Å²) in [6, 6.07) is 17.3. The van der Waals surface area contributed by atoms with Crippen molar-refractivity contribution in [2.45, 2.75) is 12.5 Å². The van der Waals surface area contributed by atoms with Gasteiger partial charge in [0.05, 0.1) is 12.0 Å². The second kappa shape index (κ2) is 5.84. The van der Waals surface area contributed by atoms with Crippen LogP contribution >= 0.6 is 7.75 Å². The lowest BCUT2D eigenvalue weighted by Gasteiger charge is -2.31. The van der Waals surface area contributed by atoms with Crippen molar-refractivity contribution in [3.63, 3.8) is 0 Å². The van der Waals surface area contributed by atoms with E-state index < -0.39 is 7.75 Å². The summed E-state index contributed by atoms with van der Waals surface area (Å²) in [5.74, 6) is 0.354. The minimum Gasteiger partial charge on any atom is -0.400 e. The molecule has 1 heterocycles. The Kier molecular flexibility index (Phi) is 3.66. The van der Waals surface area contributed by atoms with Gasteiger partial charge in [-0.1, -0.05) is 48.6 Å². The molecule has 0 radical (unpaired) electrons. The number of para-hydroxylation sites is 2. The summed E-state index contributed by atoms with van der Waals surface area (Å²) < 4.78 is 26.3. The molecule has 0 saturated carbocycles. The van der Waals surface area contributed by atoms with Crippen molar-refractivity contribution in [1.29, 1.82) is 0 Å². The number of carbonyl (C=O) groups is 1. The lowest BCUT2D eigenvalue weighted by Crippen LogP contribution is -2.35. The molecule has 1 amide bonds. The number of hydrogen-bond donors (Lipinski definition) is 0. The third-order valence-corrected chi connectivity index (χ3v) is 6.01. The van der Waals surface area contributed by atoms with Gasteiger partial charge in [-0.05, 0) is 30.7 Å². The molecular weight excluding hydrogens is 325 g/mol. The first kappa shape index (κ1) is 15.0. The zero-order valence-electron chi connectivity index (χ0n) is 12.8. The molecule has 0 aromatic heterocycles. The maximum Gasteiger partial charge on any atom is 0.547 e. The van der Waals surface area contributed by atoms with Crippen molar-refractivity contribution >= 4 is 13.7 Å². The first-order valence-corrected chi connectivity index (χ1v) is 9.26. The highest BCUT2D eigenvalue weighted by Crippen LogP contribution is 2.57. The second-order valence-electron chi connectivity index (χ2n) is 5.75. The Morgan fingerprint density at radius 3 is 1.88 bits per heavy atom. The van der Waals surface area contributed by atoms with E-state index in [1.165, 1.54) is 4.67 Å². The van der Waals surface area contributed by atoms with Crippen LogP contribution in [0.15, 0.2) is 72.8 Å². The maximum absolute atomic E-state index is 13.6. The third-order valence-electron chi connectivity index (χ3n) is 4.11. The molecule has 5 nitrogen and oxygen atoms in total. The van der Waals surface area contributed by atoms with E-state index in [1.54, 1.807) is 48.5 Å². The van der Waals surface area contributed by atoms with Crippen LogP contribution in [0.3, 0.4) is 0 Å². The Labute approximate surface area is 140 Å². The van der Waals surface area contributed by atoms with Gasteiger partial charge in [-0.3, -0.25) is 4.79 Å². The van der Waals surface area contributed by atoms with Crippen LogP contribution < -0.4 is 9.05 Å². The highest BCUT2D eigenvalue weighted by atomic mass is 31.2. The van der Waals surface area contributed by atoms with Crippen LogP contribution in [0.2, 0.25) is 0 Å². The van der Waals surface area contributed by atoms with Crippen LogP contribution in [0.5, 0.6) is 11.5 Å². The summed E-state index contributed by atoms with van der Waals surface area (Å²) in [7, 11) is -3.88. The van der Waals surface area contributed by atoms with Crippen molar-refractivity contribution in [3.8, 4) is 11.5 Å². The van der Waals surface area contributed by atoms with Crippen molar-refractivity contribution < 1.29 is 18.4 Å². The number of amides is 1. The molecular formula is C18H16NO4P. The van der Waals surface area contributed by atoms with Gasteiger partial charge in [-0.25, -0.2) is 9.24 Å². The highest BCUT2D eigenvalue weighted by molar-refractivity contribution is 7.53. The molecule has 0 spiro atoms. The predicted molar refractivity (Wildman–Crippen MR) is 89.6 cm³/mol. The molecule has 2 aromatic carbocycles. The van der Waals surface area contributed by atoms with Gasteiger partial charge >= 0.3 is 7.75 Å². The van der Waals surface area contributed by atoms with E-state index in [0.717, 1.165) is 0 Å². The van der Waals surface area contributed by atoms with Gasteiger partial charge in [0, 0.05) is 0 Å². The van der Waals surface area contributed by atoms with E-state index in [-0.39, 0.29) is 17.9 Å². The summed E-state index contributed by atoms with van der Waals surface area (Å²) in [5, 5.41) is 0. The average Bonchev–Trinajstić information content (AvgIpc) is 3.17. The zero-order valence-corrected chi connectivity index (χ0v) is 13.7. The summed E-state index contributed by atoms with van der Waals surface area (Å²) in [4.78, 5) is 12.5. The maximum atomic E-state index is 13.6. The van der Waals surface area contributed by atoms with E-state index >= 15 is 0 Å². The Morgan fingerprint density at radius 2 is 1.42 bits per heavy atom. The number of fused-ring (bicyclic) bond motifs is 2. The van der Waals surface area contributed by atoms with Crippen LogP contribution in [0.4, 0.5) is 0 Å². The minimum atomic E-state index is -3.88. The molecule has 2 bridgehead atoms. The normalized spacial score (nSPS) is 22.0. The second-order valence-corrected chi connectivity index (χ2v) is 7.49. The van der Waals surface area contributed by atoms with Gasteiger partial charge in [0.2, 0.25) is 5.91 Å². The van der Waals surface area contributed by atoms with E-state index in [4.69, 9.17) is 9.05 Å². The predicted octanol–water partition coefficient (Wildman–Crippen LogP) is 4.04. The average molecular weight is 341 g/mol. The number of benzene rings is 2. The van der Waals surface area contributed by atoms with Gasteiger partial charge < -0.3 is 9.05 Å². The molecule has 6 heteroatoms. The Morgan fingerprint density at radius 1 is 0.875 bits per heavy atom. The van der Waals surface area contributed by atoms with Crippen molar-refractivity contribution in [2.75, 3.05) is 0 Å². The number of rotatable bonds is 5. The Balaban J connectivity index is 1.70.